The van der Waals surface area contributed by atoms with Gasteiger partial charge in [0, 0.05) is 23.8 Å². The van der Waals surface area contributed by atoms with Gasteiger partial charge in [-0.15, -0.1) is 0 Å². The molecule has 0 aliphatic carbocycles. The van der Waals surface area contributed by atoms with Gasteiger partial charge in [-0.1, -0.05) is 34.1 Å². The van der Waals surface area contributed by atoms with Gasteiger partial charge in [-0.2, -0.15) is 0 Å². The van der Waals surface area contributed by atoms with Gasteiger partial charge in [0.15, 0.2) is 0 Å². The molecule has 1 saturated heterocycles. The number of carbonyl (C=O) groups is 1. The minimum absolute atomic E-state index is 0.106. The van der Waals surface area contributed by atoms with Crippen LogP contribution in [0.5, 0.6) is 0 Å². The van der Waals surface area contributed by atoms with Gasteiger partial charge in [0.1, 0.15) is 11.8 Å². The molecule has 3 rings (SSSR count). The molecular weight excluding hydrogens is 318 g/mol. The minimum Gasteiger partial charge on any atom is -0.463 e. The van der Waals surface area contributed by atoms with Gasteiger partial charge >= 0.3 is 0 Å². The number of nitrogens with zero attached hydrogens (tertiary/aromatic N) is 1. The number of hydrogen-bond acceptors (Lipinski definition) is 2. The zero-order chi connectivity index (χ0) is 13.9. The van der Waals surface area contributed by atoms with Crippen LogP contribution in [-0.4, -0.2) is 29.2 Å². The first-order valence-electron chi connectivity index (χ1n) is 7.11. The third kappa shape index (κ3) is 2.62. The summed E-state index contributed by atoms with van der Waals surface area (Å²) in [5.41, 5.74) is 1.48. The van der Waals surface area contributed by atoms with E-state index in [0.717, 1.165) is 42.2 Å². The number of piperidine rings is 1. The van der Waals surface area contributed by atoms with E-state index < -0.39 is 0 Å². The molecule has 1 aromatic heterocycles. The Labute approximate surface area is 127 Å². The highest BCUT2D eigenvalue weighted by Crippen LogP contribution is 2.26. The highest BCUT2D eigenvalue weighted by Gasteiger charge is 2.26. The number of amides is 1. The van der Waals surface area contributed by atoms with E-state index in [2.05, 4.69) is 15.9 Å². The number of halogens is 1. The lowest BCUT2D eigenvalue weighted by atomic mass is 9.95. The Kier molecular flexibility index (Phi) is 4.10. The Morgan fingerprint density at radius 1 is 1.40 bits per heavy atom. The highest BCUT2D eigenvalue weighted by atomic mass is 79.9. The number of furan rings is 1. The molecule has 1 amide bonds. The maximum Gasteiger partial charge on any atom is 0.257 e. The van der Waals surface area contributed by atoms with E-state index in [4.69, 9.17) is 4.42 Å². The van der Waals surface area contributed by atoms with Crippen molar-refractivity contribution < 1.29 is 9.21 Å². The van der Waals surface area contributed by atoms with Crippen LogP contribution in [0.3, 0.4) is 0 Å². The van der Waals surface area contributed by atoms with Crippen molar-refractivity contribution >= 4 is 32.8 Å². The Morgan fingerprint density at radius 3 is 3.10 bits per heavy atom. The summed E-state index contributed by atoms with van der Waals surface area (Å²) in [6, 6.07) is 7.72. The van der Waals surface area contributed by atoms with E-state index in [0.29, 0.717) is 11.5 Å². The van der Waals surface area contributed by atoms with Crippen LogP contribution in [0.15, 0.2) is 34.9 Å². The van der Waals surface area contributed by atoms with Gasteiger partial charge in [0.2, 0.25) is 0 Å². The van der Waals surface area contributed by atoms with Gasteiger partial charge in [0.05, 0.1) is 5.56 Å². The summed E-state index contributed by atoms with van der Waals surface area (Å²) in [6.45, 7) is 1.72. The van der Waals surface area contributed by atoms with Crippen LogP contribution in [0.1, 0.15) is 29.6 Å². The van der Waals surface area contributed by atoms with Gasteiger partial charge in [0.25, 0.3) is 5.91 Å². The smallest absolute Gasteiger partial charge is 0.257 e. The fraction of sp³-hybridized carbons (Fsp3) is 0.438. The van der Waals surface area contributed by atoms with Crippen LogP contribution in [0.25, 0.3) is 11.0 Å². The van der Waals surface area contributed by atoms with Crippen molar-refractivity contribution in [1.29, 1.82) is 0 Å². The second kappa shape index (κ2) is 6.00. The number of fused-ring (bicyclic) bond motifs is 1. The lowest BCUT2D eigenvalue weighted by Crippen LogP contribution is -2.39. The zero-order valence-corrected chi connectivity index (χ0v) is 12.9. The minimum atomic E-state index is 0.106. The van der Waals surface area contributed by atoms with Crippen molar-refractivity contribution in [3.63, 3.8) is 0 Å². The monoisotopic (exact) mass is 335 g/mol. The standard InChI is InChI=1S/C16H18BrNO2/c17-8-7-12-4-3-9-18(10-12)16(19)14-11-20-15-6-2-1-5-13(14)15/h1-2,5-6,11-12H,3-4,7-10H2. The predicted octanol–water partition coefficient (Wildman–Crippen LogP) is 4.07. The van der Waals surface area contributed by atoms with Crippen LogP contribution in [0, 0.1) is 5.92 Å². The molecule has 1 fully saturated rings. The molecule has 2 heterocycles. The van der Waals surface area contributed by atoms with Crippen molar-refractivity contribution in [2.45, 2.75) is 19.3 Å². The quantitative estimate of drug-likeness (QED) is 0.792. The van der Waals surface area contributed by atoms with Crippen molar-refractivity contribution in [2.24, 2.45) is 5.92 Å². The summed E-state index contributed by atoms with van der Waals surface area (Å²) < 4.78 is 5.48. The summed E-state index contributed by atoms with van der Waals surface area (Å²) >= 11 is 3.49. The zero-order valence-electron chi connectivity index (χ0n) is 11.3. The van der Waals surface area contributed by atoms with E-state index in [1.165, 1.54) is 6.42 Å². The second-order valence-corrected chi connectivity index (χ2v) is 6.18. The normalized spacial score (nSPS) is 19.4. The lowest BCUT2D eigenvalue weighted by Gasteiger charge is -2.32. The van der Waals surface area contributed by atoms with Gasteiger partial charge in [-0.25, -0.2) is 0 Å². The summed E-state index contributed by atoms with van der Waals surface area (Å²) in [7, 11) is 0. The SMILES string of the molecule is O=C(c1coc2ccccc12)N1CCCC(CCBr)C1. The molecule has 0 saturated carbocycles. The van der Waals surface area contributed by atoms with Crippen LogP contribution >= 0.6 is 15.9 Å². The number of benzene rings is 1. The van der Waals surface area contributed by atoms with E-state index in [1.54, 1.807) is 6.26 Å². The Morgan fingerprint density at radius 2 is 2.25 bits per heavy atom. The number of para-hydroxylation sites is 1. The molecule has 20 heavy (non-hydrogen) atoms. The first-order valence-corrected chi connectivity index (χ1v) is 8.23. The highest BCUT2D eigenvalue weighted by molar-refractivity contribution is 9.09. The van der Waals surface area contributed by atoms with E-state index in [1.807, 2.05) is 29.2 Å². The Balaban J connectivity index is 1.81. The fourth-order valence-electron chi connectivity index (χ4n) is 2.95. The average molecular weight is 336 g/mol. The molecule has 2 aromatic rings. The second-order valence-electron chi connectivity index (χ2n) is 5.38. The Bertz CT molecular complexity index is 605. The van der Waals surface area contributed by atoms with Crippen molar-refractivity contribution in [3.05, 3.63) is 36.1 Å². The topological polar surface area (TPSA) is 33.5 Å². The predicted molar refractivity (Wildman–Crippen MR) is 83.3 cm³/mol. The van der Waals surface area contributed by atoms with E-state index in [-0.39, 0.29) is 5.91 Å². The summed E-state index contributed by atoms with van der Waals surface area (Å²) in [6.07, 6.45) is 5.05. The maximum absolute atomic E-state index is 12.7. The number of likely N-dealkylation sites (tertiary alicyclic amines) is 1. The van der Waals surface area contributed by atoms with Crippen LogP contribution in [-0.2, 0) is 0 Å². The first-order chi connectivity index (χ1) is 9.79. The molecule has 1 aliphatic rings. The molecular formula is C16H18BrNO2. The third-order valence-electron chi connectivity index (χ3n) is 4.03. The molecule has 106 valence electrons. The third-order valence-corrected chi connectivity index (χ3v) is 4.49. The van der Waals surface area contributed by atoms with Crippen LogP contribution < -0.4 is 0 Å². The van der Waals surface area contributed by atoms with Gasteiger partial charge in [-0.05, 0) is 31.2 Å². The number of hydrogen-bond donors (Lipinski definition) is 0. The van der Waals surface area contributed by atoms with Crippen LogP contribution in [0.2, 0.25) is 0 Å². The van der Waals surface area contributed by atoms with Crippen molar-refractivity contribution in [3.8, 4) is 0 Å². The number of rotatable bonds is 3. The van der Waals surface area contributed by atoms with Crippen molar-refractivity contribution in [1.82, 2.24) is 4.90 Å². The molecule has 1 atom stereocenters. The van der Waals surface area contributed by atoms with Crippen LogP contribution in [0.4, 0.5) is 0 Å². The molecule has 1 unspecified atom stereocenters. The molecule has 3 nitrogen and oxygen atoms in total. The molecule has 1 aromatic carbocycles. The number of alkyl halides is 1. The lowest BCUT2D eigenvalue weighted by molar-refractivity contribution is 0.0673. The van der Waals surface area contributed by atoms with Gasteiger partial charge in [-0.3, -0.25) is 4.79 Å². The fourth-order valence-corrected chi connectivity index (χ4v) is 3.60. The molecule has 0 bridgehead atoms. The number of carbonyl (C=O) groups excluding carboxylic acids is 1. The summed E-state index contributed by atoms with van der Waals surface area (Å²) in [5.74, 6) is 0.722. The summed E-state index contributed by atoms with van der Waals surface area (Å²) in [4.78, 5) is 14.7. The molecule has 0 radical (unpaired) electrons. The van der Waals surface area contributed by atoms with Gasteiger partial charge < -0.3 is 9.32 Å². The van der Waals surface area contributed by atoms with E-state index in [9.17, 15) is 4.79 Å². The summed E-state index contributed by atoms with van der Waals surface area (Å²) in [5, 5.41) is 1.93. The maximum atomic E-state index is 12.7. The molecule has 0 spiro atoms. The molecule has 1 aliphatic heterocycles. The molecule has 0 N–H and O–H groups in total. The first kappa shape index (κ1) is 13.7. The largest absolute Gasteiger partial charge is 0.463 e. The Hall–Kier alpha value is -1.29. The molecule has 4 heteroatoms. The van der Waals surface area contributed by atoms with E-state index >= 15 is 0 Å². The average Bonchev–Trinajstić information content (AvgIpc) is 2.91. The van der Waals surface area contributed by atoms with Crippen molar-refractivity contribution in [2.75, 3.05) is 18.4 Å².